The number of hydrogen-bond donors (Lipinski definition) is 2. The van der Waals surface area contributed by atoms with Gasteiger partial charge in [-0.05, 0) is 31.4 Å². The molecule has 2 rings (SSSR count). The summed E-state index contributed by atoms with van der Waals surface area (Å²) in [7, 11) is 1.32. The number of rotatable bonds is 9. The van der Waals surface area contributed by atoms with E-state index in [0.717, 1.165) is 12.8 Å². The Hall–Kier alpha value is -2.16. The van der Waals surface area contributed by atoms with E-state index in [4.69, 9.17) is 14.2 Å². The molecule has 1 saturated carbocycles. The first-order chi connectivity index (χ1) is 13.4. The van der Waals surface area contributed by atoms with E-state index in [9.17, 15) is 18.0 Å². The number of methoxy groups -OCH3 is 1. The molecule has 0 unspecified atom stereocenters. The minimum absolute atomic E-state index is 0.0986. The second kappa shape index (κ2) is 11.0. The Kier molecular flexibility index (Phi) is 8.69. The lowest BCUT2D eigenvalue weighted by Gasteiger charge is -2.21. The van der Waals surface area contributed by atoms with Crippen molar-refractivity contribution in [2.24, 2.45) is 0 Å². The van der Waals surface area contributed by atoms with Crippen molar-refractivity contribution < 1.29 is 32.2 Å². The van der Waals surface area contributed by atoms with Crippen LogP contribution in [0.15, 0.2) is 18.2 Å². The molecular weight excluding hydrogens is 377 g/mol. The molecule has 158 valence electrons. The van der Waals surface area contributed by atoms with Crippen molar-refractivity contribution in [1.29, 1.82) is 0 Å². The van der Waals surface area contributed by atoms with Crippen LogP contribution in [0.1, 0.15) is 38.5 Å². The lowest BCUT2D eigenvalue weighted by Crippen LogP contribution is -2.30. The second-order valence-corrected chi connectivity index (χ2v) is 6.63. The number of ether oxygens (including phenoxy) is 3. The smallest absolute Gasteiger partial charge is 0.422 e. The van der Waals surface area contributed by atoms with Crippen LogP contribution in [0.5, 0.6) is 11.5 Å². The summed E-state index contributed by atoms with van der Waals surface area (Å²) in [6.07, 6.45) is 2.45. The van der Waals surface area contributed by atoms with Gasteiger partial charge in [-0.3, -0.25) is 0 Å². The van der Waals surface area contributed by atoms with E-state index < -0.39 is 18.8 Å². The Balaban J connectivity index is 1.73. The summed E-state index contributed by atoms with van der Waals surface area (Å²) >= 11 is 0. The molecule has 1 aromatic rings. The zero-order valence-electron chi connectivity index (χ0n) is 15.9. The minimum atomic E-state index is -4.47. The van der Waals surface area contributed by atoms with E-state index >= 15 is 0 Å². The van der Waals surface area contributed by atoms with Gasteiger partial charge in [-0.25, -0.2) is 4.79 Å². The Morgan fingerprint density at radius 1 is 1.18 bits per heavy atom. The van der Waals surface area contributed by atoms with Crippen molar-refractivity contribution in [3.05, 3.63) is 18.2 Å². The van der Waals surface area contributed by atoms with Gasteiger partial charge < -0.3 is 24.8 Å². The highest BCUT2D eigenvalue weighted by molar-refractivity contribution is 5.89. The number of hydrogen-bond acceptors (Lipinski definition) is 4. The van der Waals surface area contributed by atoms with Crippen molar-refractivity contribution in [1.82, 2.24) is 5.32 Å². The molecule has 0 heterocycles. The van der Waals surface area contributed by atoms with Gasteiger partial charge in [0.1, 0.15) is 0 Å². The van der Waals surface area contributed by atoms with Crippen LogP contribution < -0.4 is 20.1 Å². The van der Waals surface area contributed by atoms with Crippen molar-refractivity contribution in [2.45, 2.75) is 50.8 Å². The fraction of sp³-hybridized carbons (Fsp3) is 0.632. The SMILES string of the molecule is COc1ccc(NC(=O)NCCCOC2CCCCC2)cc1OCC(F)(F)F. The van der Waals surface area contributed by atoms with E-state index in [0.29, 0.717) is 31.4 Å². The molecule has 0 aliphatic heterocycles. The van der Waals surface area contributed by atoms with Crippen LogP contribution in [0.25, 0.3) is 0 Å². The van der Waals surface area contributed by atoms with Crippen LogP contribution in [-0.4, -0.2) is 45.2 Å². The third-order valence-electron chi connectivity index (χ3n) is 4.33. The topological polar surface area (TPSA) is 68.8 Å². The first-order valence-corrected chi connectivity index (χ1v) is 9.41. The standard InChI is InChI=1S/C19H27F3N2O4/c1-26-16-9-8-14(12-17(16)28-13-19(20,21)22)24-18(25)23-10-5-11-27-15-6-3-2-4-7-15/h8-9,12,15H,2-7,10-11,13H2,1H3,(H2,23,24,25). The summed E-state index contributed by atoms with van der Waals surface area (Å²) in [5.41, 5.74) is 0.300. The molecule has 0 aromatic heterocycles. The molecule has 0 spiro atoms. The van der Waals surface area contributed by atoms with Gasteiger partial charge in [0.25, 0.3) is 0 Å². The van der Waals surface area contributed by atoms with Crippen molar-refractivity contribution in [3.63, 3.8) is 0 Å². The van der Waals surface area contributed by atoms with Crippen LogP contribution >= 0.6 is 0 Å². The van der Waals surface area contributed by atoms with E-state index in [1.165, 1.54) is 44.6 Å². The highest BCUT2D eigenvalue weighted by atomic mass is 19.4. The normalized spacial score (nSPS) is 15.1. The molecule has 28 heavy (non-hydrogen) atoms. The molecule has 0 bridgehead atoms. The Morgan fingerprint density at radius 2 is 1.93 bits per heavy atom. The molecule has 0 saturated heterocycles. The van der Waals surface area contributed by atoms with Crippen molar-refractivity contribution in [2.75, 3.05) is 32.2 Å². The Bertz CT molecular complexity index is 620. The van der Waals surface area contributed by atoms with Crippen molar-refractivity contribution >= 4 is 11.7 Å². The molecular formula is C19H27F3N2O4. The summed E-state index contributed by atoms with van der Waals surface area (Å²) < 4.78 is 52.6. The Morgan fingerprint density at radius 3 is 2.61 bits per heavy atom. The quantitative estimate of drug-likeness (QED) is 0.595. The predicted molar refractivity (Wildman–Crippen MR) is 99.0 cm³/mol. The van der Waals surface area contributed by atoms with Gasteiger partial charge >= 0.3 is 12.2 Å². The number of carbonyl (C=O) groups excluding carboxylic acids is 1. The van der Waals surface area contributed by atoms with E-state index in [-0.39, 0.29) is 11.5 Å². The first kappa shape index (κ1) is 22.1. The van der Waals surface area contributed by atoms with Crippen molar-refractivity contribution in [3.8, 4) is 11.5 Å². The van der Waals surface area contributed by atoms with Gasteiger partial charge in [-0.2, -0.15) is 13.2 Å². The summed E-state index contributed by atoms with van der Waals surface area (Å²) in [5, 5.41) is 5.25. The average molecular weight is 404 g/mol. The monoisotopic (exact) mass is 404 g/mol. The van der Waals surface area contributed by atoms with Gasteiger partial charge in [-0.15, -0.1) is 0 Å². The molecule has 1 aliphatic rings. The number of anilines is 1. The van der Waals surface area contributed by atoms with Crippen LogP contribution in [0.3, 0.4) is 0 Å². The van der Waals surface area contributed by atoms with E-state index in [2.05, 4.69) is 10.6 Å². The number of benzene rings is 1. The maximum Gasteiger partial charge on any atom is 0.422 e. The lowest BCUT2D eigenvalue weighted by atomic mass is 9.98. The third-order valence-corrected chi connectivity index (χ3v) is 4.33. The molecule has 2 amide bonds. The average Bonchev–Trinajstić information content (AvgIpc) is 2.66. The van der Waals surface area contributed by atoms with Crippen LogP contribution in [0.2, 0.25) is 0 Å². The molecule has 2 N–H and O–H groups in total. The fourth-order valence-corrected chi connectivity index (χ4v) is 2.96. The van der Waals surface area contributed by atoms with Gasteiger partial charge in [0, 0.05) is 24.9 Å². The summed E-state index contributed by atoms with van der Waals surface area (Å²) in [4.78, 5) is 11.9. The van der Waals surface area contributed by atoms with E-state index in [1.807, 2.05) is 0 Å². The molecule has 0 atom stereocenters. The molecule has 1 fully saturated rings. The predicted octanol–water partition coefficient (Wildman–Crippen LogP) is 4.50. The van der Waals surface area contributed by atoms with Gasteiger partial charge in [0.15, 0.2) is 18.1 Å². The summed E-state index contributed by atoms with van der Waals surface area (Å²) in [6.45, 7) is -0.422. The zero-order chi connectivity index (χ0) is 20.4. The van der Waals surface area contributed by atoms with Crippen LogP contribution in [0, 0.1) is 0 Å². The second-order valence-electron chi connectivity index (χ2n) is 6.63. The maximum atomic E-state index is 12.4. The highest BCUT2D eigenvalue weighted by Gasteiger charge is 2.29. The summed E-state index contributed by atoms with van der Waals surface area (Å²) in [5.74, 6) is 0.0496. The molecule has 0 radical (unpaired) electrons. The maximum absolute atomic E-state index is 12.4. The molecule has 1 aromatic carbocycles. The highest BCUT2D eigenvalue weighted by Crippen LogP contribution is 2.31. The van der Waals surface area contributed by atoms with Crippen LogP contribution in [-0.2, 0) is 4.74 Å². The third kappa shape index (κ3) is 8.24. The fourth-order valence-electron chi connectivity index (χ4n) is 2.96. The Labute approximate surface area is 162 Å². The number of amides is 2. The summed E-state index contributed by atoms with van der Waals surface area (Å²) in [6, 6.07) is 3.78. The lowest BCUT2D eigenvalue weighted by molar-refractivity contribution is -0.153. The number of nitrogens with one attached hydrogen (secondary N) is 2. The largest absolute Gasteiger partial charge is 0.493 e. The van der Waals surface area contributed by atoms with E-state index in [1.54, 1.807) is 0 Å². The molecule has 6 nitrogen and oxygen atoms in total. The zero-order valence-corrected chi connectivity index (χ0v) is 15.9. The van der Waals surface area contributed by atoms with Gasteiger partial charge in [0.2, 0.25) is 0 Å². The molecule has 9 heteroatoms. The number of halogens is 3. The number of carbonyl (C=O) groups is 1. The number of urea groups is 1. The first-order valence-electron chi connectivity index (χ1n) is 9.41. The number of alkyl halides is 3. The van der Waals surface area contributed by atoms with Gasteiger partial charge in [-0.1, -0.05) is 19.3 Å². The molecule has 1 aliphatic carbocycles. The minimum Gasteiger partial charge on any atom is -0.493 e. The van der Waals surface area contributed by atoms with Crippen LogP contribution in [0.4, 0.5) is 23.7 Å². The van der Waals surface area contributed by atoms with Gasteiger partial charge in [0.05, 0.1) is 13.2 Å².